The van der Waals surface area contributed by atoms with E-state index in [0.717, 1.165) is 16.6 Å². The summed E-state index contributed by atoms with van der Waals surface area (Å²) in [4.78, 5) is 37.6. The van der Waals surface area contributed by atoms with E-state index < -0.39 is 45.2 Å². The highest BCUT2D eigenvalue weighted by Crippen LogP contribution is 2.24. The summed E-state index contributed by atoms with van der Waals surface area (Å²) < 4.78 is 39.0. The van der Waals surface area contributed by atoms with E-state index in [1.165, 1.54) is 54.3 Å². The van der Waals surface area contributed by atoms with Gasteiger partial charge in [0, 0.05) is 24.7 Å². The third-order valence-electron chi connectivity index (χ3n) is 4.87. The lowest BCUT2D eigenvalue weighted by atomic mass is 10.1. The van der Waals surface area contributed by atoms with E-state index in [2.05, 4.69) is 5.32 Å². The predicted octanol–water partition coefficient (Wildman–Crippen LogP) is 2.44. The molecule has 2 aromatic rings. The van der Waals surface area contributed by atoms with Gasteiger partial charge in [0.2, 0.25) is 21.8 Å². The molecule has 0 aliphatic heterocycles. The Morgan fingerprint density at radius 1 is 1.12 bits per heavy atom. The van der Waals surface area contributed by atoms with Crippen LogP contribution in [0, 0.1) is 15.9 Å². The highest BCUT2D eigenvalue weighted by Gasteiger charge is 2.30. The van der Waals surface area contributed by atoms with Crippen molar-refractivity contribution in [2.24, 2.45) is 0 Å². The molecular formula is C22H27FN4O6S. The Bertz CT molecular complexity index is 1150. The number of hydrogen-bond acceptors (Lipinski definition) is 6. The van der Waals surface area contributed by atoms with Crippen LogP contribution in [0.4, 0.5) is 15.8 Å². The number of nitro benzene ring substituents is 1. The molecule has 0 aliphatic rings. The first-order valence-electron chi connectivity index (χ1n) is 10.4. The van der Waals surface area contributed by atoms with Gasteiger partial charge in [-0.3, -0.25) is 24.0 Å². The Hall–Kier alpha value is -3.54. The molecule has 12 heteroatoms. The molecule has 0 saturated carbocycles. The summed E-state index contributed by atoms with van der Waals surface area (Å²) in [6, 6.07) is 9.05. The maximum Gasteiger partial charge on any atom is 0.271 e. The quantitative estimate of drug-likeness (QED) is 0.399. The molecule has 2 rings (SSSR count). The summed E-state index contributed by atoms with van der Waals surface area (Å²) in [7, 11) is -4.02. The summed E-state index contributed by atoms with van der Waals surface area (Å²) >= 11 is 0. The maximum atomic E-state index is 13.3. The molecule has 0 fully saturated rings. The minimum atomic E-state index is -4.02. The highest BCUT2D eigenvalue weighted by molar-refractivity contribution is 7.92. The average molecular weight is 495 g/mol. The lowest BCUT2D eigenvalue weighted by Gasteiger charge is -2.31. The second-order valence-electron chi connectivity index (χ2n) is 8.03. The van der Waals surface area contributed by atoms with Crippen molar-refractivity contribution in [3.05, 3.63) is 70.0 Å². The molecule has 0 radical (unpaired) electrons. The van der Waals surface area contributed by atoms with Gasteiger partial charge in [0.1, 0.15) is 18.4 Å². The Labute approximate surface area is 197 Å². The number of carbonyl (C=O) groups is 2. The lowest BCUT2D eigenvalue weighted by molar-refractivity contribution is -0.384. The zero-order valence-electron chi connectivity index (χ0n) is 19.3. The van der Waals surface area contributed by atoms with Crippen molar-refractivity contribution in [3.63, 3.8) is 0 Å². The van der Waals surface area contributed by atoms with Crippen LogP contribution in [0.15, 0.2) is 48.5 Å². The maximum absolute atomic E-state index is 13.3. The van der Waals surface area contributed by atoms with Crippen LogP contribution in [0.2, 0.25) is 0 Å². The first-order valence-corrected chi connectivity index (χ1v) is 12.2. The topological polar surface area (TPSA) is 130 Å². The predicted molar refractivity (Wildman–Crippen MR) is 125 cm³/mol. The van der Waals surface area contributed by atoms with Crippen LogP contribution >= 0.6 is 0 Å². The van der Waals surface area contributed by atoms with E-state index in [1.807, 2.05) is 0 Å². The van der Waals surface area contributed by atoms with Gasteiger partial charge in [-0.05, 0) is 44.5 Å². The molecule has 0 aliphatic carbocycles. The third kappa shape index (κ3) is 7.24. The van der Waals surface area contributed by atoms with Gasteiger partial charge in [0.15, 0.2) is 0 Å². The van der Waals surface area contributed by atoms with Crippen molar-refractivity contribution in [1.82, 2.24) is 10.2 Å². The molecule has 1 atom stereocenters. The Morgan fingerprint density at radius 2 is 1.74 bits per heavy atom. The van der Waals surface area contributed by atoms with Crippen molar-refractivity contribution in [2.75, 3.05) is 17.1 Å². The van der Waals surface area contributed by atoms with Gasteiger partial charge >= 0.3 is 0 Å². The second-order valence-corrected chi connectivity index (χ2v) is 9.94. The zero-order valence-corrected chi connectivity index (χ0v) is 20.1. The molecule has 0 bridgehead atoms. The van der Waals surface area contributed by atoms with E-state index in [1.54, 1.807) is 13.8 Å². The van der Waals surface area contributed by atoms with Crippen LogP contribution in [0.5, 0.6) is 0 Å². The van der Waals surface area contributed by atoms with Crippen LogP contribution in [0.1, 0.15) is 26.3 Å². The fourth-order valence-corrected chi connectivity index (χ4v) is 3.99. The number of nitrogens with one attached hydrogen (secondary N) is 1. The Balaban J connectivity index is 2.42. The Kier molecular flexibility index (Phi) is 8.68. The van der Waals surface area contributed by atoms with Crippen molar-refractivity contribution < 1.29 is 27.3 Å². The van der Waals surface area contributed by atoms with Crippen molar-refractivity contribution >= 4 is 33.2 Å². The van der Waals surface area contributed by atoms with Crippen molar-refractivity contribution in [3.8, 4) is 0 Å². The number of halogens is 1. The molecule has 184 valence electrons. The number of rotatable bonds is 10. The van der Waals surface area contributed by atoms with Crippen LogP contribution in [0.3, 0.4) is 0 Å². The minimum absolute atomic E-state index is 0.0638. The van der Waals surface area contributed by atoms with E-state index in [0.29, 0.717) is 5.56 Å². The van der Waals surface area contributed by atoms with Crippen LogP contribution < -0.4 is 9.62 Å². The first-order chi connectivity index (χ1) is 15.8. The molecule has 34 heavy (non-hydrogen) atoms. The molecule has 2 amide bonds. The number of hydrogen-bond donors (Lipinski definition) is 1. The number of benzene rings is 2. The smallest absolute Gasteiger partial charge is 0.271 e. The number of sulfonamides is 1. The fraction of sp³-hybridized carbons (Fsp3) is 0.364. The average Bonchev–Trinajstić information content (AvgIpc) is 2.75. The monoisotopic (exact) mass is 494 g/mol. The standard InChI is InChI=1S/C22H27FN4O6S/c1-15(2)24-22(29)16(3)25(13-17-8-10-18(23)11-9-17)21(28)14-26(34(4,32)33)19-6-5-7-20(12-19)27(30)31/h5-12,15-16H,13-14H2,1-4H3,(H,24,29). The normalized spacial score (nSPS) is 12.2. The first kappa shape index (κ1) is 26.7. The number of non-ortho nitro benzene ring substituents is 1. The second kappa shape index (κ2) is 11.1. The zero-order chi connectivity index (χ0) is 25.6. The molecule has 0 heterocycles. The summed E-state index contributed by atoms with van der Waals surface area (Å²) in [5.41, 5.74) is 0.123. The molecule has 1 N–H and O–H groups in total. The molecule has 0 spiro atoms. The van der Waals surface area contributed by atoms with E-state index in [-0.39, 0.29) is 24.0 Å². The summed E-state index contributed by atoms with van der Waals surface area (Å²) in [6.45, 7) is 4.23. The molecule has 0 saturated heterocycles. The van der Waals surface area contributed by atoms with Crippen molar-refractivity contribution in [1.29, 1.82) is 0 Å². The van der Waals surface area contributed by atoms with Crippen LogP contribution in [-0.2, 0) is 26.2 Å². The number of amides is 2. The SMILES string of the molecule is CC(C)NC(=O)C(C)N(Cc1ccc(F)cc1)C(=O)CN(c1cccc([N+](=O)[O-])c1)S(C)(=O)=O. The van der Waals surface area contributed by atoms with Gasteiger partial charge in [-0.15, -0.1) is 0 Å². The fourth-order valence-electron chi connectivity index (χ4n) is 3.15. The largest absolute Gasteiger partial charge is 0.352 e. The molecular weight excluding hydrogens is 467 g/mol. The van der Waals surface area contributed by atoms with Gasteiger partial charge in [0.05, 0.1) is 16.9 Å². The van der Waals surface area contributed by atoms with Gasteiger partial charge in [-0.2, -0.15) is 0 Å². The molecule has 1 unspecified atom stereocenters. The summed E-state index contributed by atoms with van der Waals surface area (Å²) in [5, 5.41) is 13.8. The van der Waals surface area contributed by atoms with Gasteiger partial charge in [-0.25, -0.2) is 12.8 Å². The number of carbonyl (C=O) groups excluding carboxylic acids is 2. The van der Waals surface area contributed by atoms with Crippen LogP contribution in [0.25, 0.3) is 0 Å². The number of anilines is 1. The molecule has 2 aromatic carbocycles. The van der Waals surface area contributed by atoms with E-state index >= 15 is 0 Å². The van der Waals surface area contributed by atoms with Gasteiger partial charge in [0.25, 0.3) is 5.69 Å². The number of nitrogens with zero attached hydrogens (tertiary/aromatic N) is 3. The van der Waals surface area contributed by atoms with Gasteiger partial charge in [-0.1, -0.05) is 18.2 Å². The molecule has 0 aromatic heterocycles. The van der Waals surface area contributed by atoms with E-state index in [4.69, 9.17) is 0 Å². The number of nitro groups is 1. The van der Waals surface area contributed by atoms with Gasteiger partial charge < -0.3 is 10.2 Å². The van der Waals surface area contributed by atoms with Crippen LogP contribution in [-0.4, -0.2) is 54.9 Å². The highest BCUT2D eigenvalue weighted by atomic mass is 32.2. The lowest BCUT2D eigenvalue weighted by Crippen LogP contribution is -2.52. The minimum Gasteiger partial charge on any atom is -0.352 e. The molecule has 10 nitrogen and oxygen atoms in total. The van der Waals surface area contributed by atoms with E-state index in [9.17, 15) is 32.5 Å². The third-order valence-corrected chi connectivity index (χ3v) is 6.01. The van der Waals surface area contributed by atoms with Crippen molar-refractivity contribution in [2.45, 2.75) is 39.4 Å². The summed E-state index contributed by atoms with van der Waals surface area (Å²) in [6.07, 6.45) is 0.873. The summed E-state index contributed by atoms with van der Waals surface area (Å²) in [5.74, 6) is -1.64. The Morgan fingerprint density at radius 3 is 2.26 bits per heavy atom.